The second-order valence-electron chi connectivity index (χ2n) is 6.70. The zero-order valence-electron chi connectivity index (χ0n) is 16.7. The van der Waals surface area contributed by atoms with E-state index in [2.05, 4.69) is 44.4 Å². The zero-order valence-corrected chi connectivity index (χ0v) is 16.7. The normalized spacial score (nSPS) is 23.6. The molecule has 156 valence electrons. The van der Waals surface area contributed by atoms with Crippen LogP contribution in [0.25, 0.3) is 11.2 Å². The first-order valence-corrected chi connectivity index (χ1v) is 9.72. The van der Waals surface area contributed by atoms with E-state index in [9.17, 15) is 15.0 Å². The van der Waals surface area contributed by atoms with Crippen molar-refractivity contribution in [3.63, 3.8) is 0 Å². The minimum absolute atomic E-state index is 0.313. The van der Waals surface area contributed by atoms with Gasteiger partial charge in [-0.15, -0.1) is 0 Å². The van der Waals surface area contributed by atoms with Crippen LogP contribution in [0.1, 0.15) is 45.2 Å². The maximum atomic E-state index is 12.1. The van der Waals surface area contributed by atoms with Crippen LogP contribution < -0.4 is 10.6 Å². The molecule has 29 heavy (non-hydrogen) atoms. The largest absolute Gasteiger partial charge is 0.387 e. The predicted molar refractivity (Wildman–Crippen MR) is 106 cm³/mol. The number of aromatic nitrogens is 4. The smallest absolute Gasteiger partial charge is 0.252 e. The third kappa shape index (κ3) is 4.17. The number of carbonyl (C=O) groups is 1. The van der Waals surface area contributed by atoms with Gasteiger partial charge in [-0.2, -0.15) is 0 Å². The maximum absolute atomic E-state index is 12.1. The summed E-state index contributed by atoms with van der Waals surface area (Å²) in [5, 5.41) is 26.3. The molecule has 0 radical (unpaired) electrons. The second kappa shape index (κ2) is 9.17. The number of hydrogen-bond acceptors (Lipinski definition) is 8. The lowest BCUT2D eigenvalue weighted by atomic mass is 10.1. The average molecular weight is 402 g/mol. The van der Waals surface area contributed by atoms with E-state index in [-0.39, 0.29) is 0 Å². The molecule has 1 fully saturated rings. The predicted octanol–water partition coefficient (Wildman–Crippen LogP) is 0.165. The van der Waals surface area contributed by atoms with Crippen molar-refractivity contribution in [2.45, 2.75) is 57.6 Å². The number of fused-ring (bicyclic) bond motifs is 1. The molecule has 3 rings (SSSR count). The van der Waals surface area contributed by atoms with Gasteiger partial charge in [0.1, 0.15) is 12.2 Å². The molecule has 10 nitrogen and oxygen atoms in total. The van der Waals surface area contributed by atoms with E-state index in [0.29, 0.717) is 29.4 Å². The number of nitrogens with one attached hydrogen (secondary N) is 2. The fourth-order valence-corrected chi connectivity index (χ4v) is 3.12. The summed E-state index contributed by atoms with van der Waals surface area (Å²) in [4.78, 5) is 25.2. The molecule has 1 unspecified atom stereocenters. The number of carbonyl (C=O) groups excluding carboxylic acids is 1. The van der Waals surface area contributed by atoms with Crippen molar-refractivity contribution in [1.29, 1.82) is 0 Å². The number of anilines is 1. The van der Waals surface area contributed by atoms with Crippen molar-refractivity contribution in [1.82, 2.24) is 24.8 Å². The number of amides is 1. The number of likely N-dealkylation sites (N-methyl/N-ethyl adjacent to an activating group) is 1. The molecule has 0 spiro atoms. The highest BCUT2D eigenvalue weighted by Gasteiger charge is 2.47. The Balaban J connectivity index is 1.97. The van der Waals surface area contributed by atoms with Crippen LogP contribution in [-0.4, -0.2) is 67.5 Å². The number of unbranched alkanes of at least 4 members (excludes halogenated alkanes) is 2. The van der Waals surface area contributed by atoms with Gasteiger partial charge >= 0.3 is 0 Å². The Morgan fingerprint density at radius 2 is 2.10 bits per heavy atom. The van der Waals surface area contributed by atoms with Crippen LogP contribution in [0.5, 0.6) is 0 Å². The van der Waals surface area contributed by atoms with Crippen LogP contribution in [0.2, 0.25) is 0 Å². The number of aliphatic hydroxyl groups is 2. The molecule has 0 aromatic carbocycles. The fraction of sp³-hybridized carbons (Fsp3) is 0.579. The van der Waals surface area contributed by atoms with Crippen molar-refractivity contribution in [3.8, 4) is 11.8 Å². The van der Waals surface area contributed by atoms with E-state index >= 15 is 0 Å². The van der Waals surface area contributed by atoms with Crippen LogP contribution in [-0.2, 0) is 9.53 Å². The molecule has 0 saturated carbocycles. The first-order valence-electron chi connectivity index (χ1n) is 9.72. The van der Waals surface area contributed by atoms with Crippen LogP contribution in [0.3, 0.4) is 0 Å². The number of aliphatic hydroxyl groups excluding tert-OH is 2. The minimum atomic E-state index is -1.37. The molecular formula is C19H26N6O4. The number of ether oxygens (including phenoxy) is 1. The van der Waals surface area contributed by atoms with Crippen LogP contribution >= 0.6 is 0 Å². The van der Waals surface area contributed by atoms with Crippen LogP contribution in [0.4, 0.5) is 5.82 Å². The first kappa shape index (κ1) is 21.0. The van der Waals surface area contributed by atoms with Gasteiger partial charge in [-0.3, -0.25) is 9.36 Å². The van der Waals surface area contributed by atoms with Gasteiger partial charge in [-0.1, -0.05) is 19.3 Å². The van der Waals surface area contributed by atoms with Gasteiger partial charge in [0, 0.05) is 20.0 Å². The lowest BCUT2D eigenvalue weighted by molar-refractivity contribution is -0.137. The Morgan fingerprint density at radius 3 is 2.79 bits per heavy atom. The lowest BCUT2D eigenvalue weighted by Crippen LogP contribution is -2.42. The highest BCUT2D eigenvalue weighted by Crippen LogP contribution is 2.32. The summed E-state index contributed by atoms with van der Waals surface area (Å²) in [6.45, 7) is 4.24. The van der Waals surface area contributed by atoms with Crippen LogP contribution in [0, 0.1) is 11.8 Å². The maximum Gasteiger partial charge on any atom is 0.252 e. The molecule has 1 saturated heterocycles. The summed E-state index contributed by atoms with van der Waals surface area (Å²) in [6, 6.07) is 0. The topological polar surface area (TPSA) is 134 Å². The molecule has 4 atom stereocenters. The standard InChI is InChI=1S/C19H26N6O4/c1-4-6-7-8-9-11-23-16(20-3)12-17(24-11)25(10-22-12)19-14(27)13(26)15(29-19)18(28)21-5-2/h10,13-15,19,26-27H,4-7H2,1-3H3,(H,21,28)(H,20,23,24)/t13?,14-,15-,19+/m0/s1. The van der Waals surface area contributed by atoms with E-state index < -0.39 is 30.4 Å². The summed E-state index contributed by atoms with van der Waals surface area (Å²) < 4.78 is 7.16. The highest BCUT2D eigenvalue weighted by atomic mass is 16.6. The van der Waals surface area contributed by atoms with Gasteiger partial charge in [0.25, 0.3) is 5.91 Å². The van der Waals surface area contributed by atoms with Crippen molar-refractivity contribution in [2.75, 3.05) is 18.9 Å². The highest BCUT2D eigenvalue weighted by molar-refractivity contribution is 5.84. The monoisotopic (exact) mass is 402 g/mol. The SMILES string of the molecule is CCCCC#Cc1nc(NC)c2ncn([C@@H]3O[C@H](C(=O)NCC)C(O)[C@@H]3O)c2n1. The molecule has 0 bridgehead atoms. The Kier molecular flexibility index (Phi) is 6.64. The van der Waals surface area contributed by atoms with Gasteiger partial charge in [0.2, 0.25) is 5.82 Å². The van der Waals surface area contributed by atoms with Crippen molar-refractivity contribution in [3.05, 3.63) is 12.2 Å². The molecule has 1 aliphatic heterocycles. The van der Waals surface area contributed by atoms with Crippen molar-refractivity contribution >= 4 is 22.9 Å². The molecule has 4 N–H and O–H groups in total. The molecule has 10 heteroatoms. The Bertz CT molecular complexity index is 934. The first-order chi connectivity index (χ1) is 14.0. The third-order valence-corrected chi connectivity index (χ3v) is 4.64. The third-order valence-electron chi connectivity index (χ3n) is 4.64. The summed E-state index contributed by atoms with van der Waals surface area (Å²) >= 11 is 0. The summed E-state index contributed by atoms with van der Waals surface area (Å²) in [6.07, 6.45) is -0.682. The average Bonchev–Trinajstić information content (AvgIpc) is 3.26. The second-order valence-corrected chi connectivity index (χ2v) is 6.70. The molecule has 3 heterocycles. The van der Waals surface area contributed by atoms with E-state index in [1.54, 1.807) is 14.0 Å². The Labute approximate surface area is 168 Å². The molecule has 2 aromatic rings. The van der Waals surface area contributed by atoms with Gasteiger partial charge in [-0.05, 0) is 19.3 Å². The number of hydrogen-bond donors (Lipinski definition) is 4. The Morgan fingerprint density at radius 1 is 1.31 bits per heavy atom. The van der Waals surface area contributed by atoms with Gasteiger partial charge in [0.15, 0.2) is 29.3 Å². The summed E-state index contributed by atoms with van der Waals surface area (Å²) in [5.41, 5.74) is 0.857. The molecular weight excluding hydrogens is 376 g/mol. The fourth-order valence-electron chi connectivity index (χ4n) is 3.12. The minimum Gasteiger partial charge on any atom is -0.387 e. The van der Waals surface area contributed by atoms with E-state index in [1.165, 1.54) is 10.9 Å². The van der Waals surface area contributed by atoms with Gasteiger partial charge < -0.3 is 25.6 Å². The summed E-state index contributed by atoms with van der Waals surface area (Å²) in [7, 11) is 1.71. The number of imidazole rings is 1. The molecule has 2 aromatic heterocycles. The number of nitrogens with zero attached hydrogens (tertiary/aromatic N) is 4. The van der Waals surface area contributed by atoms with E-state index in [0.717, 1.165) is 19.3 Å². The van der Waals surface area contributed by atoms with E-state index in [4.69, 9.17) is 4.74 Å². The van der Waals surface area contributed by atoms with Crippen LogP contribution in [0.15, 0.2) is 6.33 Å². The van der Waals surface area contributed by atoms with Crippen molar-refractivity contribution < 1.29 is 19.7 Å². The molecule has 1 amide bonds. The summed E-state index contributed by atoms with van der Waals surface area (Å²) in [5.74, 6) is 6.31. The quantitative estimate of drug-likeness (QED) is 0.397. The molecule has 1 aliphatic rings. The lowest BCUT2D eigenvalue weighted by Gasteiger charge is -2.16. The van der Waals surface area contributed by atoms with Crippen molar-refractivity contribution in [2.24, 2.45) is 0 Å². The van der Waals surface area contributed by atoms with Gasteiger partial charge in [0.05, 0.1) is 6.33 Å². The van der Waals surface area contributed by atoms with Gasteiger partial charge in [-0.25, -0.2) is 15.0 Å². The molecule has 0 aliphatic carbocycles. The number of rotatable bonds is 6. The van der Waals surface area contributed by atoms with E-state index in [1.807, 2.05) is 0 Å². The Hall–Kier alpha value is -2.74. The zero-order chi connectivity index (χ0) is 21.0.